The second-order valence-electron chi connectivity index (χ2n) is 4.26. The molecule has 3 rings (SSSR count). The van der Waals surface area contributed by atoms with Gasteiger partial charge in [-0.1, -0.05) is 12.1 Å². The average Bonchev–Trinajstić information content (AvgIpc) is 3.12. The molecule has 6 heteroatoms. The van der Waals surface area contributed by atoms with Crippen molar-refractivity contribution in [3.63, 3.8) is 0 Å². The van der Waals surface area contributed by atoms with E-state index in [1.165, 1.54) is 13.4 Å². The Balaban J connectivity index is 1.82. The number of furan rings is 1. The first kappa shape index (κ1) is 12.3. The van der Waals surface area contributed by atoms with Crippen molar-refractivity contribution >= 4 is 22.6 Å². The van der Waals surface area contributed by atoms with Crippen molar-refractivity contribution in [2.45, 2.75) is 6.54 Å². The average molecular weight is 271 g/mol. The van der Waals surface area contributed by atoms with Crippen LogP contribution in [0.15, 0.2) is 41.1 Å². The maximum absolute atomic E-state index is 11.5. The van der Waals surface area contributed by atoms with Gasteiger partial charge in [-0.25, -0.2) is 4.79 Å². The minimum Gasteiger partial charge on any atom is -0.463 e. The van der Waals surface area contributed by atoms with E-state index in [4.69, 9.17) is 4.42 Å². The van der Waals surface area contributed by atoms with Gasteiger partial charge in [-0.3, -0.25) is 5.10 Å². The number of ether oxygens (including phenoxy) is 1. The predicted molar refractivity (Wildman–Crippen MR) is 73.5 cm³/mol. The van der Waals surface area contributed by atoms with E-state index in [0.717, 1.165) is 22.2 Å². The van der Waals surface area contributed by atoms with Crippen LogP contribution in [0, 0.1) is 0 Å². The van der Waals surface area contributed by atoms with Crippen molar-refractivity contribution in [1.29, 1.82) is 0 Å². The molecule has 0 radical (unpaired) electrons. The van der Waals surface area contributed by atoms with Gasteiger partial charge in [0.15, 0.2) is 0 Å². The standard InChI is InChI=1S/C14H13N3O3/c1-19-14(18)13-10(5-6-20-13)7-15-11-4-2-3-9-8-16-17-12(9)11/h2-6,8,15H,7H2,1H3,(H,16,17). The van der Waals surface area contributed by atoms with Gasteiger partial charge in [0.2, 0.25) is 5.76 Å². The van der Waals surface area contributed by atoms with Crippen LogP contribution in [0.3, 0.4) is 0 Å². The van der Waals surface area contributed by atoms with Crippen molar-refractivity contribution < 1.29 is 13.9 Å². The van der Waals surface area contributed by atoms with Crippen LogP contribution in [-0.2, 0) is 11.3 Å². The van der Waals surface area contributed by atoms with Crippen LogP contribution in [0.4, 0.5) is 5.69 Å². The van der Waals surface area contributed by atoms with Crippen LogP contribution in [0.5, 0.6) is 0 Å². The van der Waals surface area contributed by atoms with E-state index in [-0.39, 0.29) is 5.76 Å². The molecule has 0 bridgehead atoms. The van der Waals surface area contributed by atoms with E-state index >= 15 is 0 Å². The highest BCUT2D eigenvalue weighted by Gasteiger charge is 2.15. The lowest BCUT2D eigenvalue weighted by Crippen LogP contribution is -2.07. The molecule has 102 valence electrons. The Morgan fingerprint density at radius 1 is 1.45 bits per heavy atom. The van der Waals surface area contributed by atoms with E-state index in [1.54, 1.807) is 12.3 Å². The van der Waals surface area contributed by atoms with Gasteiger partial charge in [-0.05, 0) is 12.1 Å². The number of nitrogens with one attached hydrogen (secondary N) is 2. The number of carbonyl (C=O) groups excluding carboxylic acids is 1. The molecule has 0 amide bonds. The van der Waals surface area contributed by atoms with Crippen molar-refractivity contribution in [2.24, 2.45) is 0 Å². The molecule has 2 N–H and O–H groups in total. The number of aromatic amines is 1. The van der Waals surface area contributed by atoms with Crippen molar-refractivity contribution in [3.8, 4) is 0 Å². The normalized spacial score (nSPS) is 10.7. The Hall–Kier alpha value is -2.76. The molecular weight excluding hydrogens is 258 g/mol. The minimum atomic E-state index is -0.480. The number of rotatable bonds is 4. The van der Waals surface area contributed by atoms with Crippen LogP contribution in [0.25, 0.3) is 10.9 Å². The molecule has 20 heavy (non-hydrogen) atoms. The third-order valence-corrected chi connectivity index (χ3v) is 3.06. The summed E-state index contributed by atoms with van der Waals surface area (Å²) in [5.74, 6) is -0.261. The molecule has 0 aliphatic rings. The molecule has 0 aliphatic carbocycles. The molecule has 0 saturated heterocycles. The number of para-hydroxylation sites is 1. The van der Waals surface area contributed by atoms with Gasteiger partial charge >= 0.3 is 5.97 Å². The zero-order chi connectivity index (χ0) is 13.9. The molecular formula is C14H13N3O3. The second-order valence-corrected chi connectivity index (χ2v) is 4.26. The summed E-state index contributed by atoms with van der Waals surface area (Å²) in [6, 6.07) is 7.60. The van der Waals surface area contributed by atoms with E-state index in [9.17, 15) is 4.79 Å². The minimum absolute atomic E-state index is 0.219. The Labute approximate surface area is 114 Å². The highest BCUT2D eigenvalue weighted by atomic mass is 16.5. The molecule has 0 unspecified atom stereocenters. The molecule has 0 fully saturated rings. The van der Waals surface area contributed by atoms with Gasteiger partial charge in [-0.2, -0.15) is 5.10 Å². The van der Waals surface area contributed by atoms with Crippen molar-refractivity contribution in [3.05, 3.63) is 48.0 Å². The van der Waals surface area contributed by atoms with E-state index in [1.807, 2.05) is 18.2 Å². The fraction of sp³-hybridized carbons (Fsp3) is 0.143. The quantitative estimate of drug-likeness (QED) is 0.713. The van der Waals surface area contributed by atoms with E-state index in [2.05, 4.69) is 20.3 Å². The Morgan fingerprint density at radius 3 is 3.20 bits per heavy atom. The maximum atomic E-state index is 11.5. The fourth-order valence-electron chi connectivity index (χ4n) is 2.05. The maximum Gasteiger partial charge on any atom is 0.374 e. The summed E-state index contributed by atoms with van der Waals surface area (Å²) in [5, 5.41) is 11.2. The summed E-state index contributed by atoms with van der Waals surface area (Å²) in [4.78, 5) is 11.5. The zero-order valence-corrected chi connectivity index (χ0v) is 10.8. The highest BCUT2D eigenvalue weighted by Crippen LogP contribution is 2.22. The lowest BCUT2D eigenvalue weighted by atomic mass is 10.2. The van der Waals surface area contributed by atoms with Crippen molar-refractivity contribution in [1.82, 2.24) is 10.2 Å². The van der Waals surface area contributed by atoms with Crippen molar-refractivity contribution in [2.75, 3.05) is 12.4 Å². The van der Waals surface area contributed by atoms with Crippen LogP contribution >= 0.6 is 0 Å². The first-order valence-electron chi connectivity index (χ1n) is 6.10. The number of H-pyrrole nitrogens is 1. The molecule has 2 heterocycles. The molecule has 3 aromatic rings. The SMILES string of the molecule is COC(=O)c1occc1CNc1cccc2cn[nH]c12. The summed E-state index contributed by atoms with van der Waals surface area (Å²) < 4.78 is 9.81. The number of aromatic nitrogens is 2. The number of nitrogens with zero attached hydrogens (tertiary/aromatic N) is 1. The Bertz CT molecular complexity index is 745. The molecule has 0 atom stereocenters. The monoisotopic (exact) mass is 271 g/mol. The first-order chi connectivity index (χ1) is 9.79. The number of esters is 1. The Morgan fingerprint density at radius 2 is 2.35 bits per heavy atom. The molecule has 0 aliphatic heterocycles. The smallest absolute Gasteiger partial charge is 0.374 e. The number of carbonyl (C=O) groups is 1. The Kier molecular flexibility index (Phi) is 3.12. The number of fused-ring (bicyclic) bond motifs is 1. The van der Waals surface area contributed by atoms with Gasteiger partial charge in [0, 0.05) is 17.5 Å². The number of hydrogen-bond acceptors (Lipinski definition) is 5. The fourth-order valence-corrected chi connectivity index (χ4v) is 2.05. The summed E-state index contributed by atoms with van der Waals surface area (Å²) in [5.41, 5.74) is 2.58. The van der Waals surface area contributed by atoms with Gasteiger partial charge in [-0.15, -0.1) is 0 Å². The topological polar surface area (TPSA) is 80.2 Å². The summed E-state index contributed by atoms with van der Waals surface area (Å²) in [7, 11) is 1.33. The second kappa shape index (κ2) is 5.08. The first-order valence-corrected chi connectivity index (χ1v) is 6.10. The number of hydrogen-bond donors (Lipinski definition) is 2. The van der Waals surface area contributed by atoms with Gasteiger partial charge in [0.1, 0.15) is 0 Å². The number of benzene rings is 1. The molecule has 6 nitrogen and oxygen atoms in total. The highest BCUT2D eigenvalue weighted by molar-refractivity contribution is 5.90. The summed E-state index contributed by atoms with van der Waals surface area (Å²) in [6.07, 6.45) is 3.23. The zero-order valence-electron chi connectivity index (χ0n) is 10.8. The number of anilines is 1. The molecule has 0 spiro atoms. The largest absolute Gasteiger partial charge is 0.463 e. The molecule has 0 saturated carbocycles. The van der Waals surface area contributed by atoms with Gasteiger partial charge in [0.25, 0.3) is 0 Å². The lowest BCUT2D eigenvalue weighted by molar-refractivity contribution is 0.0563. The third kappa shape index (κ3) is 2.11. The van der Waals surface area contributed by atoms with Crippen LogP contribution < -0.4 is 5.32 Å². The van der Waals surface area contributed by atoms with Crippen LogP contribution in [0.1, 0.15) is 16.1 Å². The van der Waals surface area contributed by atoms with E-state index < -0.39 is 5.97 Å². The number of methoxy groups -OCH3 is 1. The van der Waals surface area contributed by atoms with Crippen LogP contribution in [-0.4, -0.2) is 23.3 Å². The summed E-state index contributed by atoms with van der Waals surface area (Å²) in [6.45, 7) is 0.457. The third-order valence-electron chi connectivity index (χ3n) is 3.06. The lowest BCUT2D eigenvalue weighted by Gasteiger charge is -2.07. The predicted octanol–water partition coefficient (Wildman–Crippen LogP) is 2.55. The van der Waals surface area contributed by atoms with Gasteiger partial charge < -0.3 is 14.5 Å². The van der Waals surface area contributed by atoms with E-state index in [0.29, 0.717) is 6.54 Å². The molecule has 1 aromatic carbocycles. The van der Waals surface area contributed by atoms with Gasteiger partial charge in [0.05, 0.1) is 30.8 Å². The molecule has 2 aromatic heterocycles. The summed E-state index contributed by atoms with van der Waals surface area (Å²) >= 11 is 0. The van der Waals surface area contributed by atoms with Crippen LogP contribution in [0.2, 0.25) is 0 Å².